The fourth-order valence-electron chi connectivity index (χ4n) is 2.35. The summed E-state index contributed by atoms with van der Waals surface area (Å²) in [5, 5.41) is 0. The van der Waals surface area contributed by atoms with E-state index in [1.165, 1.54) is 5.56 Å². The van der Waals surface area contributed by atoms with Crippen LogP contribution in [0.5, 0.6) is 0 Å². The average molecular weight is 313 g/mol. The molecule has 0 aliphatic heterocycles. The molecule has 0 bridgehead atoms. The molecule has 0 unspecified atom stereocenters. The molecule has 22 heavy (non-hydrogen) atoms. The lowest BCUT2D eigenvalue weighted by Crippen LogP contribution is -2.36. The van der Waals surface area contributed by atoms with E-state index in [9.17, 15) is 4.79 Å². The predicted molar refractivity (Wildman–Crippen MR) is 95.1 cm³/mol. The molecule has 116 valence electrons. The molecule has 0 fully saturated rings. The largest absolute Gasteiger partial charge is 0.332 e. The average Bonchev–Trinajstić information content (AvgIpc) is 2.54. The lowest BCUT2D eigenvalue weighted by Gasteiger charge is -2.27. The normalized spacial score (nSPS) is 10.7. The van der Waals surface area contributed by atoms with E-state index in [0.29, 0.717) is 6.54 Å². The van der Waals surface area contributed by atoms with E-state index >= 15 is 0 Å². The number of benzene rings is 2. The SMILES string of the molecule is CSCc1ccc(C(=O)N(Cc2ccccc2)C(C)C)cc1. The first-order valence-electron chi connectivity index (χ1n) is 7.54. The zero-order chi connectivity index (χ0) is 15.9. The number of rotatable bonds is 6. The number of nitrogens with zero attached hydrogens (tertiary/aromatic N) is 1. The minimum Gasteiger partial charge on any atom is -0.332 e. The Kier molecular flexibility index (Phi) is 6.08. The second-order valence-electron chi connectivity index (χ2n) is 5.64. The third-order valence-corrected chi connectivity index (χ3v) is 4.21. The number of hydrogen-bond acceptors (Lipinski definition) is 2. The van der Waals surface area contributed by atoms with Crippen LogP contribution in [0.2, 0.25) is 0 Å². The first-order valence-corrected chi connectivity index (χ1v) is 8.94. The molecule has 2 aromatic rings. The van der Waals surface area contributed by atoms with Gasteiger partial charge in [-0.25, -0.2) is 0 Å². The summed E-state index contributed by atoms with van der Waals surface area (Å²) in [4.78, 5) is 14.7. The van der Waals surface area contributed by atoms with Gasteiger partial charge < -0.3 is 4.90 Å². The van der Waals surface area contributed by atoms with E-state index in [2.05, 4.69) is 32.2 Å². The molecular formula is C19H23NOS. The lowest BCUT2D eigenvalue weighted by molar-refractivity contribution is 0.0690. The highest BCUT2D eigenvalue weighted by Crippen LogP contribution is 2.15. The highest BCUT2D eigenvalue weighted by Gasteiger charge is 2.18. The molecule has 0 aromatic heterocycles. The molecule has 0 radical (unpaired) electrons. The number of amides is 1. The van der Waals surface area contributed by atoms with Crippen LogP contribution < -0.4 is 0 Å². The summed E-state index contributed by atoms with van der Waals surface area (Å²) in [5.74, 6) is 1.07. The highest BCUT2D eigenvalue weighted by molar-refractivity contribution is 7.97. The van der Waals surface area contributed by atoms with Crippen molar-refractivity contribution in [2.75, 3.05) is 6.26 Å². The lowest BCUT2D eigenvalue weighted by atomic mass is 10.1. The quantitative estimate of drug-likeness (QED) is 0.777. The van der Waals surface area contributed by atoms with Gasteiger partial charge in [-0.1, -0.05) is 42.5 Å². The van der Waals surface area contributed by atoms with Gasteiger partial charge in [0.05, 0.1) is 0 Å². The maximum Gasteiger partial charge on any atom is 0.254 e. The van der Waals surface area contributed by atoms with Crippen LogP contribution in [-0.2, 0) is 12.3 Å². The van der Waals surface area contributed by atoms with Gasteiger partial charge >= 0.3 is 0 Å². The topological polar surface area (TPSA) is 20.3 Å². The summed E-state index contributed by atoms with van der Waals surface area (Å²) >= 11 is 1.79. The van der Waals surface area contributed by atoms with Crippen molar-refractivity contribution in [1.82, 2.24) is 4.90 Å². The van der Waals surface area contributed by atoms with Crippen LogP contribution >= 0.6 is 11.8 Å². The van der Waals surface area contributed by atoms with Gasteiger partial charge in [0.25, 0.3) is 5.91 Å². The van der Waals surface area contributed by atoms with E-state index in [1.807, 2.05) is 47.4 Å². The third-order valence-electron chi connectivity index (χ3n) is 3.59. The Bertz CT molecular complexity index is 593. The van der Waals surface area contributed by atoms with E-state index in [1.54, 1.807) is 11.8 Å². The molecule has 0 heterocycles. The Morgan fingerprint density at radius 2 is 1.64 bits per heavy atom. The molecule has 0 aliphatic rings. The van der Waals surface area contributed by atoms with Crippen LogP contribution in [0.3, 0.4) is 0 Å². The second-order valence-corrected chi connectivity index (χ2v) is 6.51. The van der Waals surface area contributed by atoms with Gasteiger partial charge in [0.1, 0.15) is 0 Å². The van der Waals surface area contributed by atoms with Gasteiger partial charge in [0, 0.05) is 23.9 Å². The summed E-state index contributed by atoms with van der Waals surface area (Å²) in [6.45, 7) is 4.76. The van der Waals surface area contributed by atoms with Gasteiger partial charge in [-0.15, -0.1) is 0 Å². The van der Waals surface area contributed by atoms with Crippen molar-refractivity contribution in [3.8, 4) is 0 Å². The molecule has 0 spiro atoms. The Hall–Kier alpha value is -1.74. The molecule has 3 heteroatoms. The molecule has 0 saturated heterocycles. The van der Waals surface area contributed by atoms with Gasteiger partial charge in [-0.2, -0.15) is 11.8 Å². The molecular weight excluding hydrogens is 290 g/mol. The Balaban J connectivity index is 2.15. The van der Waals surface area contributed by atoms with Crippen molar-refractivity contribution in [1.29, 1.82) is 0 Å². The molecule has 0 aliphatic carbocycles. The maximum atomic E-state index is 12.8. The smallest absolute Gasteiger partial charge is 0.254 e. The zero-order valence-electron chi connectivity index (χ0n) is 13.5. The van der Waals surface area contributed by atoms with Crippen molar-refractivity contribution < 1.29 is 4.79 Å². The summed E-state index contributed by atoms with van der Waals surface area (Å²) in [5.41, 5.74) is 3.17. The standard InChI is InChI=1S/C19H23NOS/c1-15(2)20(13-16-7-5-4-6-8-16)19(21)18-11-9-17(10-12-18)14-22-3/h4-12,15H,13-14H2,1-3H3. The summed E-state index contributed by atoms with van der Waals surface area (Å²) < 4.78 is 0. The third kappa shape index (κ3) is 4.38. The number of carbonyl (C=O) groups is 1. The van der Waals surface area contributed by atoms with Crippen molar-refractivity contribution in [2.45, 2.75) is 32.2 Å². The molecule has 0 atom stereocenters. The van der Waals surface area contributed by atoms with Crippen molar-refractivity contribution in [3.63, 3.8) is 0 Å². The number of carbonyl (C=O) groups excluding carboxylic acids is 1. The fourth-order valence-corrected chi connectivity index (χ4v) is 2.87. The maximum absolute atomic E-state index is 12.8. The van der Waals surface area contributed by atoms with Crippen molar-refractivity contribution >= 4 is 17.7 Å². The molecule has 0 saturated carbocycles. The monoisotopic (exact) mass is 313 g/mol. The van der Waals surface area contributed by atoms with Crippen molar-refractivity contribution in [3.05, 3.63) is 71.3 Å². The van der Waals surface area contributed by atoms with Crippen LogP contribution in [0.4, 0.5) is 0 Å². The van der Waals surface area contributed by atoms with E-state index in [4.69, 9.17) is 0 Å². The molecule has 2 rings (SSSR count). The summed E-state index contributed by atoms with van der Waals surface area (Å²) in [6.07, 6.45) is 2.08. The zero-order valence-corrected chi connectivity index (χ0v) is 14.3. The molecule has 2 aromatic carbocycles. The molecule has 0 N–H and O–H groups in total. The second kappa shape index (κ2) is 8.04. The van der Waals surface area contributed by atoms with Crippen LogP contribution in [-0.4, -0.2) is 23.1 Å². The molecule has 1 amide bonds. The predicted octanol–water partition coefficient (Wildman–Crippen LogP) is 4.60. The minimum absolute atomic E-state index is 0.0922. The van der Waals surface area contributed by atoms with Crippen LogP contribution in [0.15, 0.2) is 54.6 Å². The minimum atomic E-state index is 0.0922. The van der Waals surface area contributed by atoms with Gasteiger partial charge in [-0.3, -0.25) is 4.79 Å². The van der Waals surface area contributed by atoms with Gasteiger partial charge in [0.2, 0.25) is 0 Å². The number of thioether (sulfide) groups is 1. The van der Waals surface area contributed by atoms with Gasteiger partial charge in [-0.05, 0) is 43.4 Å². The fraction of sp³-hybridized carbons (Fsp3) is 0.316. The Morgan fingerprint density at radius 1 is 1.00 bits per heavy atom. The first-order chi connectivity index (χ1) is 10.6. The van der Waals surface area contributed by atoms with E-state index in [0.717, 1.165) is 16.9 Å². The first kappa shape index (κ1) is 16.6. The number of hydrogen-bond donors (Lipinski definition) is 0. The highest BCUT2D eigenvalue weighted by atomic mass is 32.2. The summed E-state index contributed by atoms with van der Waals surface area (Å²) in [7, 11) is 0. The van der Waals surface area contributed by atoms with Crippen molar-refractivity contribution in [2.24, 2.45) is 0 Å². The Morgan fingerprint density at radius 3 is 2.18 bits per heavy atom. The van der Waals surface area contributed by atoms with Gasteiger partial charge in [0.15, 0.2) is 0 Å². The van der Waals surface area contributed by atoms with E-state index < -0.39 is 0 Å². The summed E-state index contributed by atoms with van der Waals surface area (Å²) in [6, 6.07) is 18.3. The van der Waals surface area contributed by atoms with Crippen LogP contribution in [0.1, 0.15) is 35.3 Å². The van der Waals surface area contributed by atoms with Crippen LogP contribution in [0, 0.1) is 0 Å². The molecule has 2 nitrogen and oxygen atoms in total. The van der Waals surface area contributed by atoms with Crippen LogP contribution in [0.25, 0.3) is 0 Å². The van der Waals surface area contributed by atoms with E-state index in [-0.39, 0.29) is 11.9 Å². The Labute approximate surface area is 137 Å².